The predicted molar refractivity (Wildman–Crippen MR) is 75.4 cm³/mol. The molecule has 0 aliphatic heterocycles. The van der Waals surface area contributed by atoms with Crippen molar-refractivity contribution >= 4 is 28.4 Å². The number of hydrogen-bond donors (Lipinski definition) is 2. The Labute approximate surface area is 114 Å². The summed E-state index contributed by atoms with van der Waals surface area (Å²) in [5.74, 6) is 1.16. The fourth-order valence-corrected chi connectivity index (χ4v) is 1.92. The first kappa shape index (κ1) is 11.9. The minimum absolute atomic E-state index is 0.465. The molecule has 0 saturated carbocycles. The van der Waals surface area contributed by atoms with Gasteiger partial charge in [0.2, 0.25) is 0 Å². The van der Waals surface area contributed by atoms with Crippen molar-refractivity contribution in [3.05, 3.63) is 36.9 Å². The van der Waals surface area contributed by atoms with Gasteiger partial charge in [-0.1, -0.05) is 0 Å². The largest absolute Gasteiger partial charge is 0.345 e. The number of hydrogen-bond acceptors (Lipinski definition) is 6. The number of benzene rings is 1. The Morgan fingerprint density at radius 3 is 3.00 bits per heavy atom. The van der Waals surface area contributed by atoms with Crippen molar-refractivity contribution < 1.29 is 0 Å². The standard InChI is InChI=1S/C13H11N7/c1-20(13-5-12(15-6-14)18-8-19-13)9-2-3-10-11(4-9)17-7-16-10/h2-5,7-8H,1H3,(H,16,17)(H,15,18,19). The maximum Gasteiger partial charge on any atom is 0.182 e. The van der Waals surface area contributed by atoms with Gasteiger partial charge >= 0.3 is 0 Å². The molecular formula is C13H11N7. The molecule has 2 aromatic heterocycles. The van der Waals surface area contributed by atoms with Gasteiger partial charge in [0.1, 0.15) is 18.0 Å². The summed E-state index contributed by atoms with van der Waals surface area (Å²) >= 11 is 0. The van der Waals surface area contributed by atoms with E-state index >= 15 is 0 Å². The zero-order valence-corrected chi connectivity index (χ0v) is 10.7. The Hall–Kier alpha value is -3.14. The minimum Gasteiger partial charge on any atom is -0.345 e. The quantitative estimate of drug-likeness (QED) is 0.555. The van der Waals surface area contributed by atoms with Crippen LogP contribution < -0.4 is 10.2 Å². The highest BCUT2D eigenvalue weighted by molar-refractivity contribution is 5.80. The predicted octanol–water partition coefficient (Wildman–Crippen LogP) is 2.01. The molecule has 1 aromatic carbocycles. The summed E-state index contributed by atoms with van der Waals surface area (Å²) in [7, 11) is 1.90. The van der Waals surface area contributed by atoms with Crippen LogP contribution in [0.2, 0.25) is 0 Å². The molecule has 20 heavy (non-hydrogen) atoms. The lowest BCUT2D eigenvalue weighted by molar-refractivity contribution is 1.08. The van der Waals surface area contributed by atoms with Crippen LogP contribution in [0.25, 0.3) is 11.0 Å². The van der Waals surface area contributed by atoms with Crippen LogP contribution in [0.1, 0.15) is 0 Å². The van der Waals surface area contributed by atoms with Gasteiger partial charge in [-0.25, -0.2) is 15.0 Å². The van der Waals surface area contributed by atoms with Gasteiger partial charge in [0.25, 0.3) is 0 Å². The molecule has 2 heterocycles. The van der Waals surface area contributed by atoms with E-state index in [-0.39, 0.29) is 0 Å². The Morgan fingerprint density at radius 1 is 1.25 bits per heavy atom. The van der Waals surface area contributed by atoms with Crippen molar-refractivity contribution in [3.8, 4) is 6.19 Å². The van der Waals surface area contributed by atoms with Gasteiger partial charge in [-0.3, -0.25) is 5.32 Å². The summed E-state index contributed by atoms with van der Waals surface area (Å²) in [6.07, 6.45) is 4.92. The number of nitriles is 1. The molecule has 0 unspecified atom stereocenters. The average molecular weight is 265 g/mol. The second-order valence-electron chi connectivity index (χ2n) is 4.16. The van der Waals surface area contributed by atoms with Gasteiger partial charge in [0.05, 0.1) is 17.4 Å². The summed E-state index contributed by atoms with van der Waals surface area (Å²) in [6, 6.07) is 7.60. The van der Waals surface area contributed by atoms with Crippen LogP contribution in [0.4, 0.5) is 17.3 Å². The number of nitrogens with one attached hydrogen (secondary N) is 2. The maximum atomic E-state index is 8.61. The highest BCUT2D eigenvalue weighted by Crippen LogP contribution is 2.25. The Bertz CT molecular complexity index is 787. The minimum atomic E-state index is 0.465. The van der Waals surface area contributed by atoms with Gasteiger partial charge in [-0.15, -0.1) is 0 Å². The number of imidazole rings is 1. The number of fused-ring (bicyclic) bond motifs is 1. The lowest BCUT2D eigenvalue weighted by Gasteiger charge is -2.18. The summed E-state index contributed by atoms with van der Waals surface area (Å²) in [6.45, 7) is 0. The van der Waals surface area contributed by atoms with Crippen LogP contribution in [0.5, 0.6) is 0 Å². The zero-order chi connectivity index (χ0) is 13.9. The van der Waals surface area contributed by atoms with E-state index < -0.39 is 0 Å². The van der Waals surface area contributed by atoms with Crippen LogP contribution in [0.15, 0.2) is 36.9 Å². The molecule has 0 atom stereocenters. The van der Waals surface area contributed by atoms with Crippen LogP contribution in [-0.2, 0) is 0 Å². The third-order valence-corrected chi connectivity index (χ3v) is 2.97. The van der Waals surface area contributed by atoms with Crippen LogP contribution in [-0.4, -0.2) is 27.0 Å². The van der Waals surface area contributed by atoms with Crippen LogP contribution in [0.3, 0.4) is 0 Å². The summed E-state index contributed by atoms with van der Waals surface area (Å²) in [4.78, 5) is 17.3. The van der Waals surface area contributed by atoms with E-state index in [1.165, 1.54) is 6.33 Å². The number of aromatic amines is 1. The molecule has 7 nitrogen and oxygen atoms in total. The van der Waals surface area contributed by atoms with E-state index in [1.54, 1.807) is 12.4 Å². The lowest BCUT2D eigenvalue weighted by Crippen LogP contribution is -2.11. The van der Waals surface area contributed by atoms with E-state index in [0.717, 1.165) is 16.7 Å². The summed E-state index contributed by atoms with van der Waals surface area (Å²) < 4.78 is 0. The molecule has 0 amide bonds. The number of nitrogens with zero attached hydrogens (tertiary/aromatic N) is 5. The molecule has 3 rings (SSSR count). The topological polar surface area (TPSA) is 93.5 Å². The SMILES string of the molecule is CN(c1ccc2nc[nH]c2c1)c1cc(NC#N)ncn1. The fraction of sp³-hybridized carbons (Fsp3) is 0.0769. The summed E-state index contributed by atoms with van der Waals surface area (Å²) in [5.41, 5.74) is 2.83. The van der Waals surface area contributed by atoms with Gasteiger partial charge in [0, 0.05) is 18.8 Å². The van der Waals surface area contributed by atoms with E-state index in [1.807, 2.05) is 36.3 Å². The van der Waals surface area contributed by atoms with E-state index in [0.29, 0.717) is 11.6 Å². The van der Waals surface area contributed by atoms with Crippen molar-refractivity contribution in [2.24, 2.45) is 0 Å². The Morgan fingerprint density at radius 2 is 2.15 bits per heavy atom. The second kappa shape index (κ2) is 4.85. The fourth-order valence-electron chi connectivity index (χ4n) is 1.92. The Kier molecular flexibility index (Phi) is 2.89. The van der Waals surface area contributed by atoms with Crippen LogP contribution in [0, 0.1) is 11.5 Å². The van der Waals surface area contributed by atoms with Crippen molar-refractivity contribution in [3.63, 3.8) is 0 Å². The average Bonchev–Trinajstić information content (AvgIpc) is 2.94. The third kappa shape index (κ3) is 2.10. The van der Waals surface area contributed by atoms with Gasteiger partial charge in [0.15, 0.2) is 6.19 Å². The highest BCUT2D eigenvalue weighted by Gasteiger charge is 2.08. The maximum absolute atomic E-state index is 8.61. The van der Waals surface area contributed by atoms with Crippen LogP contribution >= 0.6 is 0 Å². The number of anilines is 3. The van der Waals surface area contributed by atoms with Crippen molar-refractivity contribution in [1.29, 1.82) is 5.26 Å². The van der Waals surface area contributed by atoms with E-state index in [4.69, 9.17) is 5.26 Å². The summed E-state index contributed by atoms with van der Waals surface area (Å²) in [5, 5.41) is 11.1. The molecule has 0 saturated heterocycles. The number of H-pyrrole nitrogens is 1. The molecule has 0 fully saturated rings. The molecule has 2 N–H and O–H groups in total. The van der Waals surface area contributed by atoms with Gasteiger partial charge < -0.3 is 9.88 Å². The van der Waals surface area contributed by atoms with Gasteiger partial charge in [-0.05, 0) is 18.2 Å². The van der Waals surface area contributed by atoms with E-state index in [2.05, 4.69) is 25.3 Å². The molecule has 7 heteroatoms. The number of aromatic nitrogens is 4. The van der Waals surface area contributed by atoms with Crippen molar-refractivity contribution in [2.45, 2.75) is 0 Å². The molecule has 0 spiro atoms. The van der Waals surface area contributed by atoms with Gasteiger partial charge in [-0.2, -0.15) is 5.26 Å². The van der Waals surface area contributed by atoms with E-state index in [9.17, 15) is 0 Å². The third-order valence-electron chi connectivity index (χ3n) is 2.97. The highest BCUT2D eigenvalue weighted by atomic mass is 15.2. The first-order valence-corrected chi connectivity index (χ1v) is 5.92. The molecule has 0 bridgehead atoms. The van der Waals surface area contributed by atoms with Crippen molar-refractivity contribution in [1.82, 2.24) is 19.9 Å². The molecule has 98 valence electrons. The molecular weight excluding hydrogens is 254 g/mol. The molecule has 3 aromatic rings. The monoisotopic (exact) mass is 265 g/mol. The first-order chi connectivity index (χ1) is 9.78. The smallest absolute Gasteiger partial charge is 0.182 e. The zero-order valence-electron chi connectivity index (χ0n) is 10.7. The molecule has 0 aliphatic rings. The molecule has 0 radical (unpaired) electrons. The second-order valence-corrected chi connectivity index (χ2v) is 4.16. The van der Waals surface area contributed by atoms with Crippen molar-refractivity contribution in [2.75, 3.05) is 17.3 Å². The normalized spacial score (nSPS) is 10.2. The first-order valence-electron chi connectivity index (χ1n) is 5.92. The Balaban J connectivity index is 1.96. The molecule has 0 aliphatic carbocycles. The lowest BCUT2D eigenvalue weighted by atomic mass is 10.2. The number of rotatable bonds is 3.